The van der Waals surface area contributed by atoms with E-state index in [-0.39, 0.29) is 5.69 Å². The van der Waals surface area contributed by atoms with Gasteiger partial charge in [-0.05, 0) is 84.4 Å². The number of carbonyl (C=O) groups excluding carboxylic acids is 2. The minimum Gasteiger partial charge on any atom is -0.495 e. The van der Waals surface area contributed by atoms with Crippen LogP contribution < -0.4 is 15.4 Å². The van der Waals surface area contributed by atoms with Crippen molar-refractivity contribution in [1.82, 2.24) is 4.98 Å². The van der Waals surface area contributed by atoms with Crippen molar-refractivity contribution in [2.24, 2.45) is 10.7 Å². The number of ether oxygens (including phenoxy) is 3. The number of nitrogens with two attached hydrogens (primary N) is 1. The van der Waals surface area contributed by atoms with Crippen molar-refractivity contribution in [2.45, 2.75) is 59.7 Å². The number of hydrogen-bond donors (Lipinski definition) is 1. The minimum absolute atomic E-state index is 0.234. The van der Waals surface area contributed by atoms with E-state index in [1.807, 2.05) is 19.1 Å². The molecule has 0 unspecified atom stereocenters. The highest BCUT2D eigenvalue weighted by Gasteiger charge is 2.30. The molecule has 0 radical (unpaired) electrons. The maximum absolute atomic E-state index is 13.2. The highest BCUT2D eigenvalue weighted by atomic mass is 16.6. The van der Waals surface area contributed by atoms with E-state index in [0.29, 0.717) is 17.0 Å². The molecule has 0 saturated heterocycles. The fourth-order valence-electron chi connectivity index (χ4n) is 2.77. The lowest BCUT2D eigenvalue weighted by atomic mass is 10.1. The van der Waals surface area contributed by atoms with Gasteiger partial charge >= 0.3 is 12.2 Å². The summed E-state index contributed by atoms with van der Waals surface area (Å²) in [6.07, 6.45) is -0.0811. The second-order valence-corrected chi connectivity index (χ2v) is 9.37. The maximum atomic E-state index is 13.2. The van der Waals surface area contributed by atoms with Crippen molar-refractivity contribution in [1.29, 1.82) is 0 Å². The molecule has 2 N–H and O–H groups in total. The number of hydrogen-bond acceptors (Lipinski definition) is 6. The van der Waals surface area contributed by atoms with Crippen LogP contribution >= 0.6 is 0 Å². The average Bonchev–Trinajstić information content (AvgIpc) is 2.65. The van der Waals surface area contributed by atoms with E-state index in [2.05, 4.69) is 9.98 Å². The predicted octanol–water partition coefficient (Wildman–Crippen LogP) is 5.06. The molecule has 0 aliphatic rings. The van der Waals surface area contributed by atoms with E-state index in [9.17, 15) is 9.59 Å². The third kappa shape index (κ3) is 7.48. The molecular weight excluding hydrogens is 424 g/mol. The number of pyridine rings is 1. The first-order valence-electron chi connectivity index (χ1n) is 10.4. The molecule has 178 valence electrons. The van der Waals surface area contributed by atoms with Gasteiger partial charge in [0.25, 0.3) is 0 Å². The van der Waals surface area contributed by atoms with Gasteiger partial charge in [-0.1, -0.05) is 0 Å². The predicted molar refractivity (Wildman–Crippen MR) is 128 cm³/mol. The van der Waals surface area contributed by atoms with Gasteiger partial charge in [0.1, 0.15) is 17.0 Å². The minimum atomic E-state index is -0.941. The zero-order valence-electron chi connectivity index (χ0n) is 20.4. The van der Waals surface area contributed by atoms with Gasteiger partial charge in [-0.25, -0.2) is 14.5 Å². The van der Waals surface area contributed by atoms with Gasteiger partial charge in [0.05, 0.1) is 18.5 Å². The van der Waals surface area contributed by atoms with Crippen LogP contribution in [0.25, 0.3) is 11.3 Å². The lowest BCUT2D eigenvalue weighted by Crippen LogP contribution is -2.45. The summed E-state index contributed by atoms with van der Waals surface area (Å²) in [6.45, 7) is 12.2. The summed E-state index contributed by atoms with van der Waals surface area (Å²) in [5.41, 5.74) is 7.16. The van der Waals surface area contributed by atoms with Crippen molar-refractivity contribution < 1.29 is 23.8 Å². The highest BCUT2D eigenvalue weighted by molar-refractivity contribution is 6.16. The molecule has 2 aromatic rings. The summed E-state index contributed by atoms with van der Waals surface area (Å²) in [5, 5.41) is 0. The standard InChI is InChI=1S/C24H32N4O5/c1-15-11-12-26-17(13-15)16-9-10-19(31-8)18(14-16)28(22(30)33-24(5,6)7)20(25)27-21(29)32-23(2,3)4/h9-14H,1-8H3,(H2,25,27,29). The van der Waals surface area contributed by atoms with Crippen LogP contribution in [-0.4, -0.2) is 41.4 Å². The van der Waals surface area contributed by atoms with E-state index in [4.69, 9.17) is 19.9 Å². The lowest BCUT2D eigenvalue weighted by Gasteiger charge is -2.28. The van der Waals surface area contributed by atoms with E-state index in [0.717, 1.165) is 10.5 Å². The second kappa shape index (κ2) is 9.89. The SMILES string of the molecule is COc1ccc(-c2cc(C)ccn2)cc1N(C(=O)OC(C)(C)C)C(N)=NC(=O)OC(C)(C)C. The Labute approximate surface area is 194 Å². The number of nitrogens with zero attached hydrogens (tertiary/aromatic N) is 3. The molecule has 1 aromatic carbocycles. The molecule has 9 heteroatoms. The summed E-state index contributed by atoms with van der Waals surface area (Å²) in [7, 11) is 1.46. The Kier molecular flexibility index (Phi) is 7.68. The van der Waals surface area contributed by atoms with Crippen LogP contribution in [0.1, 0.15) is 47.1 Å². The molecule has 0 fully saturated rings. The van der Waals surface area contributed by atoms with Crippen molar-refractivity contribution in [2.75, 3.05) is 12.0 Å². The van der Waals surface area contributed by atoms with Crippen LogP contribution in [0, 0.1) is 6.92 Å². The average molecular weight is 457 g/mol. The van der Waals surface area contributed by atoms with E-state index in [1.165, 1.54) is 7.11 Å². The Balaban J connectivity index is 2.63. The number of aryl methyl sites for hydroxylation is 1. The summed E-state index contributed by atoms with van der Waals surface area (Å²) < 4.78 is 16.2. The smallest absolute Gasteiger partial charge is 0.437 e. The lowest BCUT2D eigenvalue weighted by molar-refractivity contribution is 0.0600. The summed E-state index contributed by atoms with van der Waals surface area (Å²) >= 11 is 0. The first-order valence-corrected chi connectivity index (χ1v) is 10.4. The number of amides is 2. The van der Waals surface area contributed by atoms with Gasteiger partial charge in [-0.2, -0.15) is 0 Å². The topological polar surface area (TPSA) is 116 Å². The molecule has 1 aromatic heterocycles. The first kappa shape index (κ1) is 25.6. The molecule has 1 heterocycles. The number of benzene rings is 1. The van der Waals surface area contributed by atoms with Crippen LogP contribution in [0.4, 0.5) is 15.3 Å². The summed E-state index contributed by atoms with van der Waals surface area (Å²) in [6, 6.07) is 8.93. The van der Waals surface area contributed by atoms with E-state index in [1.54, 1.807) is 65.9 Å². The maximum Gasteiger partial charge on any atom is 0.437 e. The number of methoxy groups -OCH3 is 1. The van der Waals surface area contributed by atoms with E-state index < -0.39 is 29.3 Å². The third-order valence-electron chi connectivity index (χ3n) is 4.04. The Morgan fingerprint density at radius 1 is 1.00 bits per heavy atom. The molecule has 2 amide bonds. The number of aromatic nitrogens is 1. The van der Waals surface area contributed by atoms with Crippen molar-refractivity contribution in [3.63, 3.8) is 0 Å². The number of guanidine groups is 1. The van der Waals surface area contributed by atoms with Crippen molar-refractivity contribution >= 4 is 23.8 Å². The molecule has 0 aliphatic heterocycles. The molecule has 9 nitrogen and oxygen atoms in total. The Morgan fingerprint density at radius 3 is 2.18 bits per heavy atom. The van der Waals surface area contributed by atoms with Gasteiger partial charge in [-0.3, -0.25) is 4.98 Å². The summed E-state index contributed by atoms with van der Waals surface area (Å²) in [5.74, 6) is -0.106. The fourth-order valence-corrected chi connectivity index (χ4v) is 2.77. The first-order chi connectivity index (χ1) is 15.2. The number of carbonyl (C=O) groups is 2. The largest absolute Gasteiger partial charge is 0.495 e. The second-order valence-electron chi connectivity index (χ2n) is 9.37. The zero-order chi connectivity index (χ0) is 25.0. The summed E-state index contributed by atoms with van der Waals surface area (Å²) in [4.78, 5) is 34.6. The fraction of sp³-hybridized carbons (Fsp3) is 0.417. The molecule has 0 saturated carbocycles. The Morgan fingerprint density at radius 2 is 1.64 bits per heavy atom. The van der Waals surface area contributed by atoms with Gasteiger partial charge < -0.3 is 19.9 Å². The molecule has 0 aliphatic carbocycles. The van der Waals surface area contributed by atoms with Crippen LogP contribution in [-0.2, 0) is 9.47 Å². The molecule has 0 spiro atoms. The van der Waals surface area contributed by atoms with Crippen LogP contribution in [0.15, 0.2) is 41.5 Å². The van der Waals surface area contributed by atoms with Crippen LogP contribution in [0.2, 0.25) is 0 Å². The quantitative estimate of drug-likeness (QED) is 0.507. The van der Waals surface area contributed by atoms with Crippen molar-refractivity contribution in [3.05, 3.63) is 42.1 Å². The molecule has 2 rings (SSSR count). The molecule has 33 heavy (non-hydrogen) atoms. The zero-order valence-corrected chi connectivity index (χ0v) is 20.4. The van der Waals surface area contributed by atoms with Crippen LogP contribution in [0.3, 0.4) is 0 Å². The van der Waals surface area contributed by atoms with Gasteiger partial charge in [-0.15, -0.1) is 4.99 Å². The van der Waals surface area contributed by atoms with Crippen LogP contribution in [0.5, 0.6) is 5.75 Å². The highest BCUT2D eigenvalue weighted by Crippen LogP contribution is 2.34. The Hall–Kier alpha value is -3.62. The number of rotatable bonds is 3. The van der Waals surface area contributed by atoms with E-state index >= 15 is 0 Å². The number of aliphatic imine (C=N–C) groups is 1. The molecule has 0 bridgehead atoms. The van der Waals surface area contributed by atoms with Gasteiger partial charge in [0.15, 0.2) is 0 Å². The van der Waals surface area contributed by atoms with Gasteiger partial charge in [0.2, 0.25) is 5.96 Å². The third-order valence-corrected chi connectivity index (χ3v) is 4.04. The van der Waals surface area contributed by atoms with Gasteiger partial charge in [0, 0.05) is 11.8 Å². The molecule has 0 atom stereocenters. The van der Waals surface area contributed by atoms with Crippen molar-refractivity contribution in [3.8, 4) is 17.0 Å². The number of anilines is 1. The monoisotopic (exact) mass is 456 g/mol. The Bertz CT molecular complexity index is 1050. The normalized spacial score (nSPS) is 12.2. The molecular formula is C24H32N4O5.